The number of aliphatic imine (C=N–C) groups is 1. The van der Waals surface area contributed by atoms with Crippen molar-refractivity contribution in [1.29, 1.82) is 0 Å². The Labute approximate surface area is 171 Å². The molecule has 6 nitrogen and oxygen atoms in total. The molecule has 1 aromatic carbocycles. The molecule has 8 heteroatoms. The standard InChI is InChI=1S/C21H32F2N4O2/c1-3-24-21(25-11-7-13-27-12-6-4-5-8-19(27)28)26-15-17-14-16(2)9-10-18(17)29-20(22)23/h9-10,14,20H,3-8,11-13,15H2,1-2H3,(H2,24,25,26). The van der Waals surface area contributed by atoms with Crippen molar-refractivity contribution in [2.24, 2.45) is 4.99 Å². The average molecular weight is 411 g/mol. The van der Waals surface area contributed by atoms with Crippen LogP contribution < -0.4 is 15.4 Å². The summed E-state index contributed by atoms with van der Waals surface area (Å²) in [4.78, 5) is 18.5. The van der Waals surface area contributed by atoms with Crippen LogP contribution in [-0.4, -0.2) is 49.6 Å². The van der Waals surface area contributed by atoms with Gasteiger partial charge in [0.25, 0.3) is 0 Å². The third kappa shape index (κ3) is 8.25. The Balaban J connectivity index is 1.89. The van der Waals surface area contributed by atoms with E-state index >= 15 is 0 Å². The Morgan fingerprint density at radius 3 is 2.86 bits per heavy atom. The van der Waals surface area contributed by atoms with Gasteiger partial charge in [-0.2, -0.15) is 8.78 Å². The molecule has 1 amide bonds. The first-order valence-electron chi connectivity index (χ1n) is 10.3. The van der Waals surface area contributed by atoms with E-state index in [1.807, 2.05) is 18.7 Å². The van der Waals surface area contributed by atoms with Crippen molar-refractivity contribution in [3.8, 4) is 5.75 Å². The van der Waals surface area contributed by atoms with Gasteiger partial charge in [0.05, 0.1) is 6.54 Å². The van der Waals surface area contributed by atoms with E-state index in [0.29, 0.717) is 31.0 Å². The summed E-state index contributed by atoms with van der Waals surface area (Å²) in [6.07, 6.45) is 4.65. The maximum Gasteiger partial charge on any atom is 0.387 e. The summed E-state index contributed by atoms with van der Waals surface area (Å²) in [7, 11) is 0. The van der Waals surface area contributed by atoms with Crippen LogP contribution in [-0.2, 0) is 11.3 Å². The quantitative estimate of drug-likeness (QED) is 0.372. The Morgan fingerprint density at radius 1 is 1.28 bits per heavy atom. The van der Waals surface area contributed by atoms with E-state index in [1.54, 1.807) is 18.2 Å². The second kappa shape index (κ2) is 12.2. The predicted octanol–water partition coefficient (Wildman–Crippen LogP) is 3.44. The number of carbonyl (C=O) groups excluding carboxylic acids is 1. The summed E-state index contributed by atoms with van der Waals surface area (Å²) < 4.78 is 29.8. The van der Waals surface area contributed by atoms with Gasteiger partial charge in [-0.25, -0.2) is 4.99 Å². The number of rotatable bonds is 9. The SMILES string of the molecule is CCNC(=NCc1cc(C)ccc1OC(F)F)NCCCN1CCCCCC1=O. The van der Waals surface area contributed by atoms with Gasteiger partial charge in [-0.1, -0.05) is 24.1 Å². The lowest BCUT2D eigenvalue weighted by Crippen LogP contribution is -2.39. The summed E-state index contributed by atoms with van der Waals surface area (Å²) in [6, 6.07) is 5.08. The molecule has 1 heterocycles. The topological polar surface area (TPSA) is 66.0 Å². The molecule has 1 saturated heterocycles. The lowest BCUT2D eigenvalue weighted by molar-refractivity contribution is -0.130. The molecule has 1 aliphatic heterocycles. The van der Waals surface area contributed by atoms with Gasteiger partial charge < -0.3 is 20.3 Å². The lowest BCUT2D eigenvalue weighted by Gasteiger charge is -2.20. The molecule has 1 aliphatic rings. The second-order valence-electron chi connectivity index (χ2n) is 7.16. The van der Waals surface area contributed by atoms with Crippen molar-refractivity contribution in [2.45, 2.75) is 59.1 Å². The Kier molecular flexibility index (Phi) is 9.67. The first kappa shape index (κ1) is 22.9. The van der Waals surface area contributed by atoms with Crippen LogP contribution in [0, 0.1) is 6.92 Å². The molecule has 0 atom stereocenters. The van der Waals surface area contributed by atoms with Crippen LogP contribution in [0.1, 0.15) is 50.2 Å². The van der Waals surface area contributed by atoms with Crippen molar-refractivity contribution in [1.82, 2.24) is 15.5 Å². The molecule has 2 rings (SSSR count). The summed E-state index contributed by atoms with van der Waals surface area (Å²) in [5, 5.41) is 6.40. The normalized spacial score (nSPS) is 15.4. The van der Waals surface area contributed by atoms with Crippen LogP contribution in [0.4, 0.5) is 8.78 Å². The maximum absolute atomic E-state index is 12.6. The van der Waals surface area contributed by atoms with E-state index in [-0.39, 0.29) is 18.2 Å². The van der Waals surface area contributed by atoms with Gasteiger partial charge in [0.1, 0.15) is 5.75 Å². The van der Waals surface area contributed by atoms with Gasteiger partial charge in [0.15, 0.2) is 5.96 Å². The lowest BCUT2D eigenvalue weighted by atomic mass is 10.1. The third-order valence-electron chi connectivity index (χ3n) is 4.75. The van der Waals surface area contributed by atoms with E-state index in [4.69, 9.17) is 0 Å². The molecule has 1 fully saturated rings. The molecule has 0 aromatic heterocycles. The van der Waals surface area contributed by atoms with E-state index < -0.39 is 6.61 Å². The molecule has 0 radical (unpaired) electrons. The van der Waals surface area contributed by atoms with Crippen molar-refractivity contribution in [3.05, 3.63) is 29.3 Å². The number of alkyl halides is 2. The zero-order chi connectivity index (χ0) is 21.1. The first-order chi connectivity index (χ1) is 14.0. The highest BCUT2D eigenvalue weighted by molar-refractivity contribution is 5.79. The van der Waals surface area contributed by atoms with E-state index in [2.05, 4.69) is 20.4 Å². The summed E-state index contributed by atoms with van der Waals surface area (Å²) in [5.41, 5.74) is 1.56. The second-order valence-corrected chi connectivity index (χ2v) is 7.16. The molecule has 0 unspecified atom stereocenters. The number of halogens is 2. The molecule has 2 N–H and O–H groups in total. The number of benzene rings is 1. The molecule has 0 spiro atoms. The smallest absolute Gasteiger partial charge is 0.387 e. The molecule has 1 aromatic rings. The zero-order valence-corrected chi connectivity index (χ0v) is 17.3. The molecule has 0 saturated carbocycles. The third-order valence-corrected chi connectivity index (χ3v) is 4.75. The maximum atomic E-state index is 12.6. The van der Waals surface area contributed by atoms with Crippen molar-refractivity contribution < 1.29 is 18.3 Å². The van der Waals surface area contributed by atoms with Crippen LogP contribution >= 0.6 is 0 Å². The molecular formula is C21H32F2N4O2. The van der Waals surface area contributed by atoms with Crippen LogP contribution in [0.5, 0.6) is 5.75 Å². The molecule has 29 heavy (non-hydrogen) atoms. The van der Waals surface area contributed by atoms with Gasteiger partial charge in [-0.3, -0.25) is 4.79 Å². The summed E-state index contributed by atoms with van der Waals surface area (Å²) in [5.74, 6) is 0.998. The van der Waals surface area contributed by atoms with Gasteiger partial charge in [0, 0.05) is 38.2 Å². The van der Waals surface area contributed by atoms with Crippen LogP contribution in [0.2, 0.25) is 0 Å². The molecule has 162 valence electrons. The minimum absolute atomic E-state index is 0.143. The monoisotopic (exact) mass is 410 g/mol. The van der Waals surface area contributed by atoms with Crippen molar-refractivity contribution in [2.75, 3.05) is 26.2 Å². The fraction of sp³-hybridized carbons (Fsp3) is 0.619. The average Bonchev–Trinajstić information content (AvgIpc) is 2.88. The number of hydrogen-bond acceptors (Lipinski definition) is 3. The van der Waals surface area contributed by atoms with Gasteiger partial charge in [-0.05, 0) is 39.2 Å². The number of aryl methyl sites for hydroxylation is 1. The number of ether oxygens (including phenoxy) is 1. The van der Waals surface area contributed by atoms with E-state index in [1.165, 1.54) is 0 Å². The van der Waals surface area contributed by atoms with Crippen LogP contribution in [0.3, 0.4) is 0 Å². The Hall–Kier alpha value is -2.38. The number of carbonyl (C=O) groups is 1. The van der Waals surface area contributed by atoms with Crippen LogP contribution in [0.15, 0.2) is 23.2 Å². The highest BCUT2D eigenvalue weighted by Crippen LogP contribution is 2.22. The fourth-order valence-corrected chi connectivity index (χ4v) is 3.30. The molecular weight excluding hydrogens is 378 g/mol. The molecule has 0 aliphatic carbocycles. The summed E-state index contributed by atoms with van der Waals surface area (Å²) >= 11 is 0. The highest BCUT2D eigenvalue weighted by Gasteiger charge is 2.15. The first-order valence-corrected chi connectivity index (χ1v) is 10.3. The van der Waals surface area contributed by atoms with Gasteiger partial charge >= 0.3 is 6.61 Å². The highest BCUT2D eigenvalue weighted by atomic mass is 19.3. The number of amides is 1. The fourth-order valence-electron chi connectivity index (χ4n) is 3.30. The number of nitrogens with one attached hydrogen (secondary N) is 2. The molecule has 0 bridgehead atoms. The predicted molar refractivity (Wildman–Crippen MR) is 110 cm³/mol. The zero-order valence-electron chi connectivity index (χ0n) is 17.3. The minimum Gasteiger partial charge on any atom is -0.434 e. The minimum atomic E-state index is -2.87. The van der Waals surface area contributed by atoms with Crippen LogP contribution in [0.25, 0.3) is 0 Å². The largest absolute Gasteiger partial charge is 0.434 e. The van der Waals surface area contributed by atoms with Gasteiger partial charge in [-0.15, -0.1) is 0 Å². The van der Waals surface area contributed by atoms with Gasteiger partial charge in [0.2, 0.25) is 5.91 Å². The number of guanidine groups is 1. The van der Waals surface area contributed by atoms with E-state index in [9.17, 15) is 13.6 Å². The van der Waals surface area contributed by atoms with Crippen molar-refractivity contribution >= 4 is 11.9 Å². The number of hydrogen-bond donors (Lipinski definition) is 2. The number of nitrogens with zero attached hydrogens (tertiary/aromatic N) is 2. The Morgan fingerprint density at radius 2 is 2.10 bits per heavy atom. The number of likely N-dealkylation sites (tertiary alicyclic amines) is 1. The van der Waals surface area contributed by atoms with Crippen molar-refractivity contribution in [3.63, 3.8) is 0 Å². The summed E-state index contributed by atoms with van der Waals surface area (Å²) in [6.45, 7) is 4.15. The Bertz CT molecular complexity index is 683. The van der Waals surface area contributed by atoms with E-state index in [0.717, 1.165) is 44.3 Å².